The van der Waals surface area contributed by atoms with Crippen LogP contribution in [-0.4, -0.2) is 54.3 Å². The summed E-state index contributed by atoms with van der Waals surface area (Å²) in [5.41, 5.74) is 2.95. The molecule has 0 radical (unpaired) electrons. The Morgan fingerprint density at radius 2 is 2.13 bits per heavy atom. The molecule has 1 spiro atoms. The summed E-state index contributed by atoms with van der Waals surface area (Å²) in [7, 11) is -2.07. The van der Waals surface area contributed by atoms with Crippen LogP contribution in [0.15, 0.2) is 29.8 Å². The van der Waals surface area contributed by atoms with Crippen molar-refractivity contribution in [1.82, 2.24) is 14.2 Å². The normalized spacial score (nSPS) is 26.9. The van der Waals surface area contributed by atoms with Gasteiger partial charge in [0.25, 0.3) is 0 Å². The largest absolute Gasteiger partial charge is 0.304 e. The molecule has 4 rings (SSSR count). The first kappa shape index (κ1) is 22.6. The fourth-order valence-electron chi connectivity index (χ4n) is 5.03. The van der Waals surface area contributed by atoms with E-state index >= 15 is 0 Å². The molecule has 2 fully saturated rings. The number of anilines is 1. The van der Waals surface area contributed by atoms with E-state index in [9.17, 15) is 12.8 Å². The molecule has 9 heteroatoms. The zero-order valence-electron chi connectivity index (χ0n) is 18.6. The van der Waals surface area contributed by atoms with Crippen molar-refractivity contribution in [3.63, 3.8) is 0 Å². The van der Waals surface area contributed by atoms with Crippen molar-refractivity contribution in [2.24, 2.45) is 5.92 Å². The maximum Gasteiger partial charge on any atom is 0.304 e. The number of halogens is 1. The molecule has 0 saturated carbocycles. The minimum Gasteiger partial charge on any atom is -0.295 e. The van der Waals surface area contributed by atoms with E-state index < -0.39 is 21.6 Å². The molecule has 2 aromatic rings. The summed E-state index contributed by atoms with van der Waals surface area (Å²) in [6, 6.07) is 6.13. The van der Waals surface area contributed by atoms with Crippen LogP contribution in [0, 0.1) is 11.7 Å². The number of hydrogen-bond donors (Lipinski definition) is 0. The smallest absolute Gasteiger partial charge is 0.295 e. The number of benzene rings is 1. The predicted octanol–water partition coefficient (Wildman–Crippen LogP) is 3.90. The summed E-state index contributed by atoms with van der Waals surface area (Å²) in [4.78, 5) is 8.30. The van der Waals surface area contributed by atoms with Gasteiger partial charge >= 0.3 is 10.2 Å². The van der Waals surface area contributed by atoms with Crippen LogP contribution in [0.2, 0.25) is 0 Å². The minimum atomic E-state index is -3.68. The van der Waals surface area contributed by atoms with Crippen molar-refractivity contribution < 1.29 is 12.8 Å². The summed E-state index contributed by atoms with van der Waals surface area (Å²) < 4.78 is 43.2. The maximum atomic E-state index is 14.0. The Hall–Kier alpha value is -1.55. The highest BCUT2D eigenvalue weighted by molar-refractivity contribution is 7.90. The van der Waals surface area contributed by atoms with Crippen molar-refractivity contribution in [3.05, 3.63) is 46.2 Å². The molecule has 0 unspecified atom stereocenters. The number of likely N-dealkylation sites (N-methyl/N-ethyl adjacent to an activating group) is 1. The van der Waals surface area contributed by atoms with Crippen LogP contribution < -0.4 is 4.31 Å². The van der Waals surface area contributed by atoms with Crippen LogP contribution in [0.1, 0.15) is 44.2 Å². The number of likely N-dealkylation sites (tertiary alicyclic amines) is 1. The van der Waals surface area contributed by atoms with Crippen LogP contribution >= 0.6 is 11.3 Å². The van der Waals surface area contributed by atoms with Crippen molar-refractivity contribution in [1.29, 1.82) is 0 Å². The Balaban J connectivity index is 1.58. The highest BCUT2D eigenvalue weighted by Crippen LogP contribution is 2.44. The third-order valence-corrected chi connectivity index (χ3v) is 9.29. The van der Waals surface area contributed by atoms with Gasteiger partial charge in [0.05, 0.1) is 22.4 Å². The Kier molecular flexibility index (Phi) is 6.15. The minimum absolute atomic E-state index is 0.195. The van der Waals surface area contributed by atoms with E-state index in [0.29, 0.717) is 31.0 Å². The third kappa shape index (κ3) is 4.25. The molecule has 2 aliphatic rings. The highest BCUT2D eigenvalue weighted by Gasteiger charge is 2.55. The number of nitrogens with zero attached hydrogens (tertiary/aromatic N) is 4. The molecule has 0 amide bonds. The van der Waals surface area contributed by atoms with Crippen LogP contribution in [0.25, 0.3) is 0 Å². The zero-order valence-corrected chi connectivity index (χ0v) is 20.2. The van der Waals surface area contributed by atoms with E-state index in [1.54, 1.807) is 30.5 Å². The van der Waals surface area contributed by atoms with Crippen molar-refractivity contribution in [3.8, 4) is 0 Å². The first-order valence-corrected chi connectivity index (χ1v) is 13.1. The van der Waals surface area contributed by atoms with E-state index in [0.717, 1.165) is 19.5 Å². The lowest BCUT2D eigenvalue weighted by atomic mass is 9.83. The predicted molar refractivity (Wildman–Crippen MR) is 123 cm³/mol. The Morgan fingerprint density at radius 1 is 1.35 bits per heavy atom. The third-order valence-electron chi connectivity index (χ3n) is 6.45. The Labute approximate surface area is 188 Å². The maximum absolute atomic E-state index is 14.0. The van der Waals surface area contributed by atoms with Crippen molar-refractivity contribution >= 4 is 27.2 Å². The zero-order chi connectivity index (χ0) is 22.4. The van der Waals surface area contributed by atoms with E-state index in [1.165, 1.54) is 31.3 Å². The molecular formula is C22H31FN4O2S2. The fourth-order valence-corrected chi connectivity index (χ4v) is 7.62. The van der Waals surface area contributed by atoms with Crippen LogP contribution in [0.4, 0.5) is 10.1 Å². The summed E-state index contributed by atoms with van der Waals surface area (Å²) >= 11 is 1.70. The van der Waals surface area contributed by atoms with Crippen molar-refractivity contribution in [2.45, 2.75) is 58.2 Å². The number of piperidine rings is 1. The molecule has 1 aromatic carbocycles. The molecular weight excluding hydrogens is 435 g/mol. The Bertz CT molecular complexity index is 1040. The molecule has 0 aliphatic carbocycles. The van der Waals surface area contributed by atoms with Gasteiger partial charge in [-0.05, 0) is 50.3 Å². The molecule has 170 valence electrons. The van der Waals surface area contributed by atoms with E-state index in [1.807, 2.05) is 5.51 Å². The fraction of sp³-hybridized carbons (Fsp3) is 0.591. The van der Waals surface area contributed by atoms with Crippen molar-refractivity contribution in [2.75, 3.05) is 24.4 Å². The topological polar surface area (TPSA) is 56.8 Å². The molecule has 31 heavy (non-hydrogen) atoms. The average molecular weight is 467 g/mol. The summed E-state index contributed by atoms with van der Waals surface area (Å²) in [5.74, 6) is 0.132. The van der Waals surface area contributed by atoms with Crippen LogP contribution in [-0.2, 0) is 23.2 Å². The standard InChI is InChI=1S/C22H31FN4O2S2/c1-16(2)10-20-21(30-15-24-20)13-26-9-8-22(12-17(26)3)14-25(4)31(28,29)27(22)19-7-5-6-18(23)11-19/h5-7,11,15-17H,8-10,12-14H2,1-4H3/t17-,22+/m0/s1. The lowest BCUT2D eigenvalue weighted by molar-refractivity contribution is 0.101. The lowest BCUT2D eigenvalue weighted by Gasteiger charge is -2.47. The van der Waals surface area contributed by atoms with Gasteiger partial charge in [0.15, 0.2) is 0 Å². The molecule has 1 aromatic heterocycles. The first-order valence-electron chi connectivity index (χ1n) is 10.8. The quantitative estimate of drug-likeness (QED) is 0.671. The van der Waals surface area contributed by atoms with Crippen LogP contribution in [0.3, 0.4) is 0 Å². The van der Waals surface area contributed by atoms with Gasteiger partial charge in [-0.2, -0.15) is 12.7 Å². The molecule has 2 saturated heterocycles. The number of thiazole rings is 1. The van der Waals surface area contributed by atoms with Gasteiger partial charge < -0.3 is 0 Å². The summed E-state index contributed by atoms with van der Waals surface area (Å²) in [5, 5.41) is 0. The number of aromatic nitrogens is 1. The molecule has 2 atom stereocenters. The van der Waals surface area contributed by atoms with Gasteiger partial charge in [-0.3, -0.25) is 9.21 Å². The van der Waals surface area contributed by atoms with E-state index in [2.05, 4.69) is 30.7 Å². The van der Waals surface area contributed by atoms with Gasteiger partial charge in [-0.25, -0.2) is 9.37 Å². The van der Waals surface area contributed by atoms with Gasteiger partial charge in [0.2, 0.25) is 0 Å². The lowest BCUT2D eigenvalue weighted by Crippen LogP contribution is -2.57. The average Bonchev–Trinajstić information content (AvgIpc) is 3.17. The van der Waals surface area contributed by atoms with E-state index in [4.69, 9.17) is 0 Å². The van der Waals surface area contributed by atoms with Gasteiger partial charge in [-0.1, -0.05) is 19.9 Å². The second-order valence-corrected chi connectivity index (χ2v) is 12.1. The Morgan fingerprint density at radius 3 is 2.81 bits per heavy atom. The van der Waals surface area contributed by atoms with Gasteiger partial charge in [-0.15, -0.1) is 11.3 Å². The SMILES string of the molecule is CC(C)Cc1ncsc1CN1CC[C@@]2(C[C@@H]1C)CN(C)S(=O)(=O)N2c1cccc(F)c1. The second kappa shape index (κ2) is 8.42. The van der Waals surface area contributed by atoms with Gasteiger partial charge in [0, 0.05) is 37.6 Å². The summed E-state index contributed by atoms with van der Waals surface area (Å²) in [6.45, 7) is 8.62. The summed E-state index contributed by atoms with van der Waals surface area (Å²) in [6.07, 6.45) is 2.38. The number of hydrogen-bond acceptors (Lipinski definition) is 5. The molecule has 2 aliphatic heterocycles. The van der Waals surface area contributed by atoms with Crippen LogP contribution in [0.5, 0.6) is 0 Å². The first-order chi connectivity index (χ1) is 14.6. The monoisotopic (exact) mass is 466 g/mol. The molecule has 6 nitrogen and oxygen atoms in total. The molecule has 0 bridgehead atoms. The molecule has 0 N–H and O–H groups in total. The highest BCUT2D eigenvalue weighted by atomic mass is 32.2. The van der Waals surface area contributed by atoms with E-state index in [-0.39, 0.29) is 6.04 Å². The number of rotatable bonds is 5. The second-order valence-electron chi connectivity index (χ2n) is 9.33. The van der Waals surface area contributed by atoms with Gasteiger partial charge in [0.1, 0.15) is 5.82 Å². The molecule has 3 heterocycles.